The van der Waals surface area contributed by atoms with Crippen molar-refractivity contribution in [2.45, 2.75) is 0 Å². The average molecular weight is 287 g/mol. The Kier molecular flexibility index (Phi) is 2.86. The zero-order chi connectivity index (χ0) is 14.9. The number of rotatable bonds is 2. The number of hydrogen-bond acceptors (Lipinski definition) is 2. The van der Waals surface area contributed by atoms with E-state index in [2.05, 4.69) is 17.3 Å². The molecular formula is C18H13N3O. The summed E-state index contributed by atoms with van der Waals surface area (Å²) in [4.78, 5) is 0. The molecule has 22 heavy (non-hydrogen) atoms. The van der Waals surface area contributed by atoms with Crippen molar-refractivity contribution >= 4 is 28.2 Å². The van der Waals surface area contributed by atoms with Crippen molar-refractivity contribution in [3.63, 3.8) is 0 Å². The van der Waals surface area contributed by atoms with Crippen molar-refractivity contribution in [3.05, 3.63) is 78.6 Å². The number of benzene rings is 2. The third-order valence-electron chi connectivity index (χ3n) is 3.64. The van der Waals surface area contributed by atoms with Crippen molar-refractivity contribution in [1.82, 2.24) is 9.73 Å². The van der Waals surface area contributed by atoms with E-state index in [1.807, 2.05) is 48.8 Å². The van der Waals surface area contributed by atoms with Gasteiger partial charge in [-0.2, -0.15) is 0 Å². The van der Waals surface area contributed by atoms with Gasteiger partial charge in [-0.25, -0.2) is 0 Å². The largest absolute Gasteiger partial charge is 0.870 e. The van der Waals surface area contributed by atoms with E-state index in [4.69, 9.17) is 0 Å². The van der Waals surface area contributed by atoms with Crippen LogP contribution in [0.15, 0.2) is 73.1 Å². The zero-order valence-corrected chi connectivity index (χ0v) is 11.8. The molecule has 0 aliphatic carbocycles. The van der Waals surface area contributed by atoms with Crippen LogP contribution in [0, 0.1) is 0 Å². The second-order valence-corrected chi connectivity index (χ2v) is 5.09. The van der Waals surface area contributed by atoms with Crippen molar-refractivity contribution in [3.8, 4) is 0 Å². The lowest BCUT2D eigenvalue weighted by Gasteiger charge is -2.08. The zero-order valence-electron chi connectivity index (χ0n) is 11.8. The summed E-state index contributed by atoms with van der Waals surface area (Å²) in [5.74, 6) is -0.0710. The Hall–Kier alpha value is -3.14. The molecule has 0 aliphatic rings. The van der Waals surface area contributed by atoms with Gasteiger partial charge in [0.05, 0.1) is 0 Å². The first-order valence-corrected chi connectivity index (χ1v) is 7.04. The van der Waals surface area contributed by atoms with Crippen LogP contribution < -0.4 is 9.79 Å². The average Bonchev–Trinajstić information content (AvgIpc) is 2.98. The Morgan fingerprint density at radius 3 is 2.64 bits per heavy atom. The highest BCUT2D eigenvalue weighted by Crippen LogP contribution is 2.17. The first kappa shape index (κ1) is 12.6. The van der Waals surface area contributed by atoms with Crippen LogP contribution in [-0.4, -0.2) is 9.73 Å². The van der Waals surface area contributed by atoms with Crippen LogP contribution in [0.25, 0.3) is 28.2 Å². The third kappa shape index (κ3) is 2.11. The minimum Gasteiger partial charge on any atom is -0.870 e. The lowest BCUT2D eigenvalue weighted by molar-refractivity contribution is -0.636. The summed E-state index contributed by atoms with van der Waals surface area (Å²) >= 11 is 0. The topological polar surface area (TPSA) is 44.2 Å². The van der Waals surface area contributed by atoms with Crippen molar-refractivity contribution in [2.24, 2.45) is 0 Å². The van der Waals surface area contributed by atoms with Gasteiger partial charge in [0.2, 0.25) is 5.52 Å². The normalized spacial score (nSPS) is 12.1. The molecule has 2 heterocycles. The van der Waals surface area contributed by atoms with Gasteiger partial charge in [0.1, 0.15) is 17.6 Å². The molecule has 0 aliphatic heterocycles. The molecule has 0 N–H and O–H groups in total. The van der Waals surface area contributed by atoms with E-state index in [1.54, 1.807) is 21.3 Å². The molecule has 106 valence electrons. The lowest BCUT2D eigenvalue weighted by atomic mass is 10.1. The Morgan fingerprint density at radius 1 is 1.00 bits per heavy atom. The molecule has 0 amide bonds. The van der Waals surface area contributed by atoms with Crippen LogP contribution in [0.2, 0.25) is 0 Å². The van der Waals surface area contributed by atoms with Crippen LogP contribution in [0.4, 0.5) is 0 Å². The van der Waals surface area contributed by atoms with Gasteiger partial charge in [0.25, 0.3) is 0 Å². The Morgan fingerprint density at radius 2 is 1.77 bits per heavy atom. The number of pyridine rings is 1. The first-order valence-electron chi connectivity index (χ1n) is 7.04. The maximum Gasteiger partial charge on any atom is 0.204 e. The van der Waals surface area contributed by atoms with Crippen LogP contribution in [-0.2, 0) is 0 Å². The smallest absolute Gasteiger partial charge is 0.204 e. The molecule has 0 unspecified atom stereocenters. The molecule has 2 aromatic carbocycles. The van der Waals surface area contributed by atoms with E-state index < -0.39 is 0 Å². The molecule has 0 atom stereocenters. The molecule has 0 radical (unpaired) electrons. The Balaban J connectivity index is 1.85. The van der Waals surface area contributed by atoms with Crippen LogP contribution in [0.1, 0.15) is 5.56 Å². The van der Waals surface area contributed by atoms with Crippen LogP contribution in [0.3, 0.4) is 0 Å². The van der Waals surface area contributed by atoms with Gasteiger partial charge >= 0.3 is 0 Å². The fraction of sp³-hybridized carbons (Fsp3) is 0. The first-order chi connectivity index (χ1) is 10.8. The molecule has 4 rings (SSSR count). The molecule has 4 nitrogen and oxygen atoms in total. The molecule has 4 heteroatoms. The SMILES string of the molecule is [O-]/C(=C\[n+]1cc2c3ccccc3ccn2n1)c1ccccc1. The predicted octanol–water partition coefficient (Wildman–Crippen LogP) is 2.09. The summed E-state index contributed by atoms with van der Waals surface area (Å²) in [5.41, 5.74) is 1.62. The van der Waals surface area contributed by atoms with Gasteiger partial charge < -0.3 is 5.11 Å². The summed E-state index contributed by atoms with van der Waals surface area (Å²) in [7, 11) is 0. The highest BCUT2D eigenvalue weighted by molar-refractivity contribution is 5.94. The monoisotopic (exact) mass is 287 g/mol. The summed E-state index contributed by atoms with van der Waals surface area (Å²) in [6.45, 7) is 0. The Labute approximate surface area is 127 Å². The minimum absolute atomic E-state index is 0.0710. The van der Waals surface area contributed by atoms with Gasteiger partial charge in [-0.15, -0.1) is 9.20 Å². The number of nitrogens with zero attached hydrogens (tertiary/aromatic N) is 3. The summed E-state index contributed by atoms with van der Waals surface area (Å²) in [6, 6.07) is 19.3. The molecular weight excluding hydrogens is 274 g/mol. The minimum atomic E-state index is -0.0710. The summed E-state index contributed by atoms with van der Waals surface area (Å²) in [5, 5.41) is 18.9. The van der Waals surface area contributed by atoms with Gasteiger partial charge in [0.15, 0.2) is 6.20 Å². The van der Waals surface area contributed by atoms with E-state index >= 15 is 0 Å². The molecule has 4 aromatic rings. The maximum absolute atomic E-state index is 12.2. The molecule has 0 bridgehead atoms. The van der Waals surface area contributed by atoms with Gasteiger partial charge in [0, 0.05) is 5.39 Å². The third-order valence-corrected chi connectivity index (χ3v) is 3.64. The van der Waals surface area contributed by atoms with E-state index in [0.29, 0.717) is 5.56 Å². The highest BCUT2D eigenvalue weighted by Gasteiger charge is 2.10. The van der Waals surface area contributed by atoms with E-state index in [0.717, 1.165) is 16.3 Å². The molecule has 0 fully saturated rings. The second-order valence-electron chi connectivity index (χ2n) is 5.09. The fourth-order valence-corrected chi connectivity index (χ4v) is 2.56. The lowest BCUT2D eigenvalue weighted by Crippen LogP contribution is -2.29. The van der Waals surface area contributed by atoms with Gasteiger partial charge in [-0.05, 0) is 23.1 Å². The van der Waals surface area contributed by atoms with Crippen molar-refractivity contribution < 1.29 is 9.79 Å². The predicted molar refractivity (Wildman–Crippen MR) is 83.5 cm³/mol. The van der Waals surface area contributed by atoms with Gasteiger partial charge in [-0.3, -0.25) is 0 Å². The number of aromatic nitrogens is 3. The second kappa shape index (κ2) is 5.00. The van der Waals surface area contributed by atoms with E-state index in [9.17, 15) is 5.11 Å². The van der Waals surface area contributed by atoms with Crippen molar-refractivity contribution in [2.75, 3.05) is 0 Å². The maximum atomic E-state index is 12.2. The van der Waals surface area contributed by atoms with E-state index in [-0.39, 0.29) is 5.76 Å². The number of hydrogen-bond donors (Lipinski definition) is 0. The van der Waals surface area contributed by atoms with Gasteiger partial charge in [-0.1, -0.05) is 54.3 Å². The van der Waals surface area contributed by atoms with E-state index in [1.165, 1.54) is 6.20 Å². The van der Waals surface area contributed by atoms with Crippen molar-refractivity contribution in [1.29, 1.82) is 0 Å². The fourth-order valence-electron chi connectivity index (χ4n) is 2.56. The molecule has 0 saturated heterocycles. The molecule has 0 saturated carbocycles. The van der Waals surface area contributed by atoms with Crippen LogP contribution >= 0.6 is 0 Å². The standard InChI is InChI=1S/C18H13N3O/c22-18(15-7-2-1-3-8-15)13-20-12-17-16-9-5-4-6-14(16)10-11-21(17)19-20/h1-13H. The Bertz CT molecular complexity index is 987. The molecule has 2 aromatic heterocycles. The summed E-state index contributed by atoms with van der Waals surface area (Å²) in [6.07, 6.45) is 5.26. The van der Waals surface area contributed by atoms with Crippen LogP contribution in [0.5, 0.6) is 0 Å². The number of fused-ring (bicyclic) bond motifs is 3. The quantitative estimate of drug-likeness (QED) is 0.418. The molecule has 0 spiro atoms. The summed E-state index contributed by atoms with van der Waals surface area (Å²) < 4.78 is 3.34. The highest BCUT2D eigenvalue weighted by atomic mass is 16.3.